The zero-order chi connectivity index (χ0) is 25.9. The third-order valence-electron chi connectivity index (χ3n) is 6.68. The Balaban J connectivity index is 1.55. The molecule has 1 fully saturated rings. The fourth-order valence-corrected chi connectivity index (χ4v) is 5.43. The molecule has 0 bridgehead atoms. The van der Waals surface area contributed by atoms with Crippen LogP contribution in [0.1, 0.15) is 37.8 Å². The van der Waals surface area contributed by atoms with Crippen molar-refractivity contribution in [3.63, 3.8) is 0 Å². The summed E-state index contributed by atoms with van der Waals surface area (Å²) >= 11 is 0. The summed E-state index contributed by atoms with van der Waals surface area (Å²) in [7, 11) is -1.22. The van der Waals surface area contributed by atoms with Gasteiger partial charge in [0.25, 0.3) is 0 Å². The van der Waals surface area contributed by atoms with Crippen LogP contribution in [0, 0.1) is 0 Å². The quantitative estimate of drug-likeness (QED) is 0.278. The van der Waals surface area contributed by atoms with E-state index in [2.05, 4.69) is 35.0 Å². The van der Waals surface area contributed by atoms with Gasteiger partial charge in [-0.05, 0) is 37.8 Å². The summed E-state index contributed by atoms with van der Waals surface area (Å²) in [6.45, 7) is 9.72. The van der Waals surface area contributed by atoms with Crippen LogP contribution < -0.4 is 11.1 Å². The number of ether oxygens (including phenoxy) is 1. The summed E-state index contributed by atoms with van der Waals surface area (Å²) < 4.78 is 7.51. The number of benzene rings is 1. The molecule has 2 amide bonds. The van der Waals surface area contributed by atoms with Gasteiger partial charge in [-0.3, -0.25) is 9.59 Å². The maximum absolute atomic E-state index is 13.5. The molecule has 9 nitrogen and oxygen atoms in total. The highest BCUT2D eigenvalue weighted by molar-refractivity contribution is 6.76. The molecule has 0 unspecified atom stereocenters. The standard InChI is InChI=1S/C26H36N6O3Si/c1-18-9-8-12-22(19-10-6-5-7-11-19)32(18)26(34)25(33)30-21-16-28-24(27)20-15-29-31(23(20)21)17-35-13-14-36(2,3)4/h5-7,10-11,15-16,18,22H,8-9,12-14,17H2,1-4H3,(H2,27,28)(H,30,33)/t18-,22-/m1/s1. The first-order valence-corrected chi connectivity index (χ1v) is 16.2. The average Bonchev–Trinajstić information content (AvgIpc) is 3.28. The van der Waals surface area contributed by atoms with E-state index in [0.29, 0.717) is 29.0 Å². The second-order valence-electron chi connectivity index (χ2n) is 10.7. The number of nitrogen functional groups attached to an aromatic ring is 1. The summed E-state index contributed by atoms with van der Waals surface area (Å²) in [5.41, 5.74) is 8.07. The van der Waals surface area contributed by atoms with Gasteiger partial charge in [0.15, 0.2) is 0 Å². The smallest absolute Gasteiger partial charge is 0.314 e. The third-order valence-corrected chi connectivity index (χ3v) is 8.39. The van der Waals surface area contributed by atoms with E-state index in [0.717, 1.165) is 30.9 Å². The van der Waals surface area contributed by atoms with Crippen molar-refractivity contribution in [2.45, 2.75) is 70.7 Å². The number of piperidine rings is 1. The molecule has 2 aromatic heterocycles. The number of fused-ring (bicyclic) bond motifs is 1. The van der Waals surface area contributed by atoms with Crippen LogP contribution in [0.2, 0.25) is 25.7 Å². The SMILES string of the molecule is C[C@@H]1CCC[C@H](c2ccccc2)N1C(=O)C(=O)Nc1cnc(N)c2cnn(COCC[Si](C)(C)C)c12. The van der Waals surface area contributed by atoms with E-state index in [4.69, 9.17) is 10.5 Å². The Bertz CT molecular complexity index is 1220. The fraction of sp³-hybridized carbons (Fsp3) is 0.462. The first kappa shape index (κ1) is 25.8. The van der Waals surface area contributed by atoms with E-state index in [1.54, 1.807) is 15.8 Å². The van der Waals surface area contributed by atoms with Crippen molar-refractivity contribution in [2.75, 3.05) is 17.7 Å². The van der Waals surface area contributed by atoms with Gasteiger partial charge in [-0.1, -0.05) is 50.0 Å². The minimum absolute atomic E-state index is 0.0444. The van der Waals surface area contributed by atoms with Crippen LogP contribution in [0.4, 0.5) is 11.5 Å². The number of carbonyl (C=O) groups excluding carboxylic acids is 2. The normalized spacial score (nSPS) is 18.4. The first-order chi connectivity index (χ1) is 17.2. The summed E-state index contributed by atoms with van der Waals surface area (Å²) in [4.78, 5) is 32.6. The Hall–Kier alpha value is -3.24. The molecule has 4 rings (SSSR count). The Morgan fingerprint density at radius 1 is 1.17 bits per heavy atom. The molecule has 2 atom stereocenters. The van der Waals surface area contributed by atoms with Crippen LogP contribution in [0.15, 0.2) is 42.7 Å². The number of pyridine rings is 1. The summed E-state index contributed by atoms with van der Waals surface area (Å²) in [5.74, 6) is -0.958. The average molecular weight is 509 g/mol. The van der Waals surface area contributed by atoms with Crippen LogP contribution >= 0.6 is 0 Å². The van der Waals surface area contributed by atoms with E-state index in [1.165, 1.54) is 6.20 Å². The predicted molar refractivity (Wildman–Crippen MR) is 144 cm³/mol. The first-order valence-electron chi connectivity index (χ1n) is 12.5. The van der Waals surface area contributed by atoms with Crippen molar-refractivity contribution < 1.29 is 14.3 Å². The lowest BCUT2D eigenvalue weighted by Gasteiger charge is -2.40. The lowest BCUT2D eigenvalue weighted by atomic mass is 9.91. The lowest BCUT2D eigenvalue weighted by Crippen LogP contribution is -2.48. The largest absolute Gasteiger partial charge is 0.383 e. The molecule has 10 heteroatoms. The fourth-order valence-electron chi connectivity index (χ4n) is 4.67. The zero-order valence-corrected chi connectivity index (χ0v) is 22.5. The topological polar surface area (TPSA) is 115 Å². The van der Waals surface area contributed by atoms with E-state index in [1.807, 2.05) is 37.3 Å². The highest BCUT2D eigenvalue weighted by atomic mass is 28.3. The van der Waals surface area contributed by atoms with Crippen molar-refractivity contribution in [1.29, 1.82) is 0 Å². The molecule has 3 heterocycles. The van der Waals surface area contributed by atoms with Crippen LogP contribution in [0.5, 0.6) is 0 Å². The second-order valence-corrected chi connectivity index (χ2v) is 16.3. The van der Waals surface area contributed by atoms with Crippen molar-refractivity contribution in [3.8, 4) is 0 Å². The maximum Gasteiger partial charge on any atom is 0.314 e. The van der Waals surface area contributed by atoms with E-state index >= 15 is 0 Å². The minimum atomic E-state index is -1.22. The third kappa shape index (κ3) is 5.76. The molecular weight excluding hydrogens is 472 g/mol. The molecule has 3 aromatic rings. The Morgan fingerprint density at radius 2 is 1.92 bits per heavy atom. The molecule has 192 valence electrons. The minimum Gasteiger partial charge on any atom is -0.383 e. The monoisotopic (exact) mass is 508 g/mol. The van der Waals surface area contributed by atoms with Crippen LogP contribution in [0.25, 0.3) is 10.9 Å². The number of nitrogens with one attached hydrogen (secondary N) is 1. The molecule has 36 heavy (non-hydrogen) atoms. The number of likely N-dealkylation sites (tertiary alicyclic amines) is 1. The predicted octanol–water partition coefficient (Wildman–Crippen LogP) is 4.41. The number of carbonyl (C=O) groups is 2. The lowest BCUT2D eigenvalue weighted by molar-refractivity contribution is -0.148. The number of hydrogen-bond acceptors (Lipinski definition) is 6. The van der Waals surface area contributed by atoms with Crippen LogP contribution in [0.3, 0.4) is 0 Å². The molecule has 3 N–H and O–H groups in total. The van der Waals surface area contributed by atoms with Gasteiger partial charge < -0.3 is 20.7 Å². The van der Waals surface area contributed by atoms with Gasteiger partial charge >= 0.3 is 11.8 Å². The number of rotatable bonds is 7. The molecule has 1 aromatic carbocycles. The van der Waals surface area contributed by atoms with Crippen molar-refractivity contribution >= 4 is 42.3 Å². The highest BCUT2D eigenvalue weighted by Gasteiger charge is 2.36. The van der Waals surface area contributed by atoms with Crippen molar-refractivity contribution in [1.82, 2.24) is 19.7 Å². The van der Waals surface area contributed by atoms with Gasteiger partial charge in [-0.15, -0.1) is 0 Å². The highest BCUT2D eigenvalue weighted by Crippen LogP contribution is 2.35. The number of nitrogens with zero attached hydrogens (tertiary/aromatic N) is 4. The van der Waals surface area contributed by atoms with Crippen molar-refractivity contribution in [2.24, 2.45) is 0 Å². The second kappa shape index (κ2) is 10.8. The molecular formula is C26H36N6O3Si. The molecule has 1 saturated heterocycles. The van der Waals surface area contributed by atoms with Gasteiger partial charge in [0.05, 0.1) is 35.0 Å². The van der Waals surface area contributed by atoms with E-state index in [9.17, 15) is 9.59 Å². The summed E-state index contributed by atoms with van der Waals surface area (Å²) in [6.07, 6.45) is 5.76. The molecule has 0 radical (unpaired) electrons. The number of anilines is 2. The van der Waals surface area contributed by atoms with Gasteiger partial charge in [0, 0.05) is 20.7 Å². The molecule has 0 saturated carbocycles. The molecule has 0 spiro atoms. The van der Waals surface area contributed by atoms with Gasteiger partial charge in [-0.25, -0.2) is 9.67 Å². The summed E-state index contributed by atoms with van der Waals surface area (Å²) in [5, 5.41) is 7.78. The number of hydrogen-bond donors (Lipinski definition) is 2. The molecule has 0 aliphatic carbocycles. The van der Waals surface area contributed by atoms with Gasteiger partial charge in [-0.2, -0.15) is 5.10 Å². The number of amides is 2. The zero-order valence-electron chi connectivity index (χ0n) is 21.5. The number of nitrogens with two attached hydrogens (primary N) is 1. The van der Waals surface area contributed by atoms with Gasteiger partial charge in [0.1, 0.15) is 12.5 Å². The molecule has 1 aliphatic heterocycles. The van der Waals surface area contributed by atoms with Crippen molar-refractivity contribution in [3.05, 3.63) is 48.3 Å². The Labute approximate surface area is 213 Å². The van der Waals surface area contributed by atoms with E-state index < -0.39 is 19.9 Å². The number of aromatic nitrogens is 3. The van der Waals surface area contributed by atoms with E-state index in [-0.39, 0.29) is 18.8 Å². The summed E-state index contributed by atoms with van der Waals surface area (Å²) in [6, 6.07) is 10.7. The Kier molecular flexibility index (Phi) is 7.75. The van der Waals surface area contributed by atoms with Gasteiger partial charge in [0.2, 0.25) is 0 Å². The van der Waals surface area contributed by atoms with Crippen LogP contribution in [-0.2, 0) is 21.1 Å². The maximum atomic E-state index is 13.5. The van der Waals surface area contributed by atoms with Crippen LogP contribution in [-0.4, -0.2) is 52.2 Å². The molecule has 1 aliphatic rings. The Morgan fingerprint density at radius 3 is 2.64 bits per heavy atom.